The molecule has 0 aromatic carbocycles. The maximum absolute atomic E-state index is 12.0. The average Bonchev–Trinajstić information content (AvgIpc) is 2.58. The number of carbonyl (C=O) groups excluding carboxylic acids is 1. The number of carbonyl (C=O) groups is 1. The molecular formula is C20H31N3O2. The average molecular weight is 345 g/mol. The molecule has 138 valence electrons. The Labute approximate surface area is 151 Å². The molecule has 1 atom stereocenters. The van der Waals surface area contributed by atoms with Gasteiger partial charge in [-0.05, 0) is 76.7 Å². The van der Waals surface area contributed by atoms with Crippen LogP contribution in [0.4, 0.5) is 4.79 Å². The lowest BCUT2D eigenvalue weighted by atomic mass is 9.89. The van der Waals surface area contributed by atoms with E-state index in [-0.39, 0.29) is 12.1 Å². The Balaban J connectivity index is 1.75. The third kappa shape index (κ3) is 6.86. The van der Waals surface area contributed by atoms with Crippen LogP contribution in [0.5, 0.6) is 0 Å². The summed E-state index contributed by atoms with van der Waals surface area (Å²) in [6.07, 6.45) is 8.33. The quantitative estimate of drug-likeness (QED) is 0.803. The first-order valence-electron chi connectivity index (χ1n) is 9.11. The van der Waals surface area contributed by atoms with E-state index in [4.69, 9.17) is 4.74 Å². The van der Waals surface area contributed by atoms with E-state index >= 15 is 0 Å². The van der Waals surface area contributed by atoms with Gasteiger partial charge in [0.1, 0.15) is 5.60 Å². The van der Waals surface area contributed by atoms with Gasteiger partial charge in [-0.3, -0.25) is 4.98 Å². The summed E-state index contributed by atoms with van der Waals surface area (Å²) >= 11 is 0. The van der Waals surface area contributed by atoms with E-state index in [0.717, 1.165) is 38.9 Å². The van der Waals surface area contributed by atoms with Crippen molar-refractivity contribution in [2.24, 2.45) is 5.92 Å². The molecule has 1 aromatic rings. The summed E-state index contributed by atoms with van der Waals surface area (Å²) < 4.78 is 5.36. The van der Waals surface area contributed by atoms with E-state index < -0.39 is 5.60 Å². The molecule has 1 saturated heterocycles. The van der Waals surface area contributed by atoms with E-state index in [9.17, 15) is 4.79 Å². The third-order valence-corrected chi connectivity index (χ3v) is 4.54. The monoisotopic (exact) mass is 345 g/mol. The van der Waals surface area contributed by atoms with Crippen molar-refractivity contribution >= 4 is 6.09 Å². The highest BCUT2D eigenvalue weighted by molar-refractivity contribution is 5.68. The van der Waals surface area contributed by atoms with Crippen molar-refractivity contribution in [1.29, 1.82) is 0 Å². The zero-order chi connectivity index (χ0) is 18.3. The summed E-state index contributed by atoms with van der Waals surface area (Å²) in [4.78, 5) is 18.5. The number of piperidine rings is 1. The minimum Gasteiger partial charge on any atom is -0.444 e. The first-order valence-corrected chi connectivity index (χ1v) is 9.11. The number of hydrogen-bond acceptors (Lipinski definition) is 4. The van der Waals surface area contributed by atoms with Crippen molar-refractivity contribution < 1.29 is 9.53 Å². The van der Waals surface area contributed by atoms with Gasteiger partial charge in [-0.2, -0.15) is 0 Å². The molecule has 2 rings (SSSR count). The number of likely N-dealkylation sites (tertiary alicyclic amines) is 1. The third-order valence-electron chi connectivity index (χ3n) is 4.54. The Hall–Kier alpha value is -1.88. The Kier molecular flexibility index (Phi) is 7.00. The van der Waals surface area contributed by atoms with E-state index in [1.54, 1.807) is 0 Å². The summed E-state index contributed by atoms with van der Waals surface area (Å²) in [5.74, 6) is 0.419. The molecule has 1 N–H and O–H groups in total. The van der Waals surface area contributed by atoms with Crippen LogP contribution in [0.15, 0.2) is 37.2 Å². The lowest BCUT2D eigenvalue weighted by molar-refractivity contribution is 0.0485. The van der Waals surface area contributed by atoms with Gasteiger partial charge in [0.25, 0.3) is 0 Å². The van der Waals surface area contributed by atoms with Crippen LogP contribution in [0.1, 0.15) is 39.2 Å². The van der Waals surface area contributed by atoms with Crippen LogP contribution in [0.3, 0.4) is 0 Å². The number of pyridine rings is 1. The molecule has 0 aliphatic carbocycles. The van der Waals surface area contributed by atoms with Crippen molar-refractivity contribution in [3.05, 3.63) is 42.7 Å². The molecule has 0 bridgehead atoms. The van der Waals surface area contributed by atoms with Crippen molar-refractivity contribution in [3.8, 4) is 0 Å². The van der Waals surface area contributed by atoms with Gasteiger partial charge in [0, 0.05) is 18.9 Å². The number of rotatable bonds is 6. The van der Waals surface area contributed by atoms with Crippen LogP contribution < -0.4 is 5.32 Å². The van der Waals surface area contributed by atoms with Crippen molar-refractivity contribution in [2.75, 3.05) is 19.6 Å². The Morgan fingerprint density at radius 1 is 1.40 bits per heavy atom. The second kappa shape index (κ2) is 8.99. The largest absolute Gasteiger partial charge is 0.444 e. The lowest BCUT2D eigenvalue weighted by Crippen LogP contribution is -2.46. The van der Waals surface area contributed by atoms with E-state index in [0.29, 0.717) is 5.92 Å². The highest BCUT2D eigenvalue weighted by Crippen LogP contribution is 2.22. The zero-order valence-corrected chi connectivity index (χ0v) is 15.7. The van der Waals surface area contributed by atoms with Crippen molar-refractivity contribution in [1.82, 2.24) is 15.2 Å². The van der Waals surface area contributed by atoms with Gasteiger partial charge in [-0.1, -0.05) is 6.08 Å². The van der Waals surface area contributed by atoms with Crippen LogP contribution in [0, 0.1) is 5.92 Å². The standard InChI is InChI=1S/C20H31N3O2/c1-5-18(22-19(24)25-20(2,3)4)17-9-14-23(15-10-17)13-8-16-6-11-21-12-7-16/h5-7,11-12,17-18H,1,8-10,13-15H2,2-4H3,(H,22,24). The summed E-state index contributed by atoms with van der Waals surface area (Å²) in [7, 11) is 0. The molecule has 0 radical (unpaired) electrons. The molecule has 2 heterocycles. The molecule has 1 aromatic heterocycles. The zero-order valence-electron chi connectivity index (χ0n) is 15.7. The van der Waals surface area contributed by atoms with Crippen LogP contribution in [0.25, 0.3) is 0 Å². The highest BCUT2D eigenvalue weighted by Gasteiger charge is 2.27. The van der Waals surface area contributed by atoms with Crippen LogP contribution in [-0.4, -0.2) is 47.3 Å². The molecule has 1 aliphatic rings. The number of ether oxygens (including phenoxy) is 1. The Morgan fingerprint density at radius 2 is 2.04 bits per heavy atom. The topological polar surface area (TPSA) is 54.5 Å². The van der Waals surface area contributed by atoms with E-state index in [1.165, 1.54) is 5.56 Å². The van der Waals surface area contributed by atoms with E-state index in [1.807, 2.05) is 39.2 Å². The number of alkyl carbamates (subject to hydrolysis) is 1. The fraction of sp³-hybridized carbons (Fsp3) is 0.600. The van der Waals surface area contributed by atoms with Gasteiger partial charge in [0.05, 0.1) is 6.04 Å². The number of hydrogen-bond donors (Lipinski definition) is 1. The first kappa shape index (κ1) is 19.4. The van der Waals surface area contributed by atoms with Crippen LogP contribution >= 0.6 is 0 Å². The number of aromatic nitrogens is 1. The number of nitrogens with one attached hydrogen (secondary N) is 1. The maximum Gasteiger partial charge on any atom is 0.408 e. The van der Waals surface area contributed by atoms with Gasteiger partial charge in [-0.15, -0.1) is 6.58 Å². The molecule has 0 spiro atoms. The van der Waals surface area contributed by atoms with Crippen LogP contribution in [-0.2, 0) is 11.2 Å². The Bertz CT molecular complexity index is 546. The molecule has 1 unspecified atom stereocenters. The predicted octanol–water partition coefficient (Wildman–Crippen LogP) is 3.42. The van der Waals surface area contributed by atoms with Gasteiger partial charge < -0.3 is 15.0 Å². The summed E-state index contributed by atoms with van der Waals surface area (Å²) in [6.45, 7) is 12.7. The number of nitrogens with zero attached hydrogens (tertiary/aromatic N) is 2. The SMILES string of the molecule is C=CC(NC(=O)OC(C)(C)C)C1CCN(CCc2ccncc2)CC1. The summed E-state index contributed by atoms with van der Waals surface area (Å²) in [5.41, 5.74) is 0.847. The highest BCUT2D eigenvalue weighted by atomic mass is 16.6. The fourth-order valence-electron chi connectivity index (χ4n) is 3.19. The van der Waals surface area contributed by atoms with Gasteiger partial charge >= 0.3 is 6.09 Å². The first-order chi connectivity index (χ1) is 11.9. The van der Waals surface area contributed by atoms with Gasteiger partial charge in [0.15, 0.2) is 0 Å². The maximum atomic E-state index is 12.0. The molecule has 1 aliphatic heterocycles. The summed E-state index contributed by atoms with van der Waals surface area (Å²) in [6, 6.07) is 4.12. The normalized spacial score (nSPS) is 17.7. The summed E-state index contributed by atoms with van der Waals surface area (Å²) in [5, 5.41) is 2.96. The fourth-order valence-corrected chi connectivity index (χ4v) is 3.19. The molecule has 0 saturated carbocycles. The second-order valence-electron chi connectivity index (χ2n) is 7.69. The molecule has 5 nitrogen and oxygen atoms in total. The minimum absolute atomic E-state index is 0.0304. The number of amides is 1. The second-order valence-corrected chi connectivity index (χ2v) is 7.69. The van der Waals surface area contributed by atoms with Crippen LogP contribution in [0.2, 0.25) is 0 Å². The predicted molar refractivity (Wildman–Crippen MR) is 100 cm³/mol. The van der Waals surface area contributed by atoms with Crippen molar-refractivity contribution in [2.45, 2.75) is 51.7 Å². The van der Waals surface area contributed by atoms with E-state index in [2.05, 4.69) is 33.9 Å². The van der Waals surface area contributed by atoms with Gasteiger partial charge in [0.2, 0.25) is 0 Å². The molecular weight excluding hydrogens is 314 g/mol. The smallest absolute Gasteiger partial charge is 0.408 e. The lowest BCUT2D eigenvalue weighted by Gasteiger charge is -2.35. The minimum atomic E-state index is -0.480. The van der Waals surface area contributed by atoms with Gasteiger partial charge in [-0.25, -0.2) is 4.79 Å². The van der Waals surface area contributed by atoms with Crippen molar-refractivity contribution in [3.63, 3.8) is 0 Å². The molecule has 1 amide bonds. The Morgan fingerprint density at radius 3 is 2.60 bits per heavy atom. The molecule has 5 heteroatoms. The molecule has 25 heavy (non-hydrogen) atoms. The molecule has 1 fully saturated rings.